The van der Waals surface area contributed by atoms with Gasteiger partial charge in [-0.05, 0) is 35.6 Å². The normalized spacial score (nSPS) is 15.6. The van der Waals surface area contributed by atoms with Gasteiger partial charge in [0.05, 0.1) is 19.2 Å². The first-order valence-electron chi connectivity index (χ1n) is 7.13. The third-order valence-corrected chi connectivity index (χ3v) is 3.59. The van der Waals surface area contributed by atoms with Gasteiger partial charge in [-0.2, -0.15) is 0 Å². The minimum atomic E-state index is -0.426. The maximum atomic E-state index is 12.0. The van der Waals surface area contributed by atoms with E-state index in [9.17, 15) is 9.90 Å². The number of ether oxygens (including phenoxy) is 1. The Bertz CT molecular complexity index is 566. The van der Waals surface area contributed by atoms with Crippen LogP contribution in [0, 0.1) is 0 Å². The highest BCUT2D eigenvalue weighted by Gasteiger charge is 2.30. The molecular weight excluding hydrogens is 266 g/mol. The molecule has 21 heavy (non-hydrogen) atoms. The lowest BCUT2D eigenvalue weighted by Gasteiger charge is -2.34. The quantitative estimate of drug-likeness (QED) is 0.909. The Labute approximate surface area is 126 Å². The highest BCUT2D eigenvalue weighted by Crippen LogP contribution is 2.30. The zero-order chi connectivity index (χ0) is 15.8. The summed E-state index contributed by atoms with van der Waals surface area (Å²) in [5, 5.41) is 9.24. The molecular formula is C17H23NO3. The third kappa shape index (κ3) is 3.64. The molecule has 0 spiro atoms. The first-order valence-corrected chi connectivity index (χ1v) is 7.13. The Morgan fingerprint density at radius 2 is 1.95 bits per heavy atom. The Hall–Kier alpha value is -1.81. The Morgan fingerprint density at radius 1 is 1.33 bits per heavy atom. The number of allylic oxidation sites excluding steroid dienone is 1. The Balaban J connectivity index is 2.24. The van der Waals surface area contributed by atoms with Crippen molar-refractivity contribution in [2.24, 2.45) is 0 Å². The number of aliphatic hydroxyl groups is 1. The highest BCUT2D eigenvalue weighted by atomic mass is 16.6. The van der Waals surface area contributed by atoms with E-state index in [2.05, 4.69) is 33.4 Å². The fraction of sp³-hybridized carbons (Fsp3) is 0.471. The van der Waals surface area contributed by atoms with E-state index in [-0.39, 0.29) is 5.41 Å². The molecule has 1 N–H and O–H groups in total. The van der Waals surface area contributed by atoms with Gasteiger partial charge in [-0.25, -0.2) is 4.79 Å². The monoisotopic (exact) mass is 289 g/mol. The van der Waals surface area contributed by atoms with Gasteiger partial charge in [0, 0.05) is 0 Å². The van der Waals surface area contributed by atoms with Gasteiger partial charge in [-0.3, -0.25) is 0 Å². The van der Waals surface area contributed by atoms with E-state index in [1.54, 1.807) is 0 Å². The van der Waals surface area contributed by atoms with Gasteiger partial charge in [0.25, 0.3) is 0 Å². The number of β-amino-alcohol motifs (C(OH)–C–C–N with tert-alkyl or cyclic N) is 1. The van der Waals surface area contributed by atoms with Gasteiger partial charge in [-0.1, -0.05) is 39.0 Å². The minimum absolute atomic E-state index is 0.0421. The standard InChI is InChI=1S/C17H23NO3/c1-11(2)12-6-13(17(3,4)5)8-15(7-12)21-16(20)18-9-14(19)10-18/h6-8,14,19H,1,9-10H2,2-5H3. The molecule has 4 heteroatoms. The van der Waals surface area contributed by atoms with Gasteiger partial charge in [-0.15, -0.1) is 0 Å². The minimum Gasteiger partial charge on any atom is -0.410 e. The molecule has 114 valence electrons. The number of benzene rings is 1. The highest BCUT2D eigenvalue weighted by molar-refractivity contribution is 5.73. The number of likely N-dealkylation sites (tertiary alicyclic amines) is 1. The van der Waals surface area contributed by atoms with E-state index in [0.29, 0.717) is 18.8 Å². The molecule has 1 saturated heterocycles. The molecule has 4 nitrogen and oxygen atoms in total. The fourth-order valence-corrected chi connectivity index (χ4v) is 2.11. The molecule has 0 saturated carbocycles. The van der Waals surface area contributed by atoms with Crippen LogP contribution in [-0.4, -0.2) is 35.3 Å². The van der Waals surface area contributed by atoms with Crippen molar-refractivity contribution < 1.29 is 14.6 Å². The van der Waals surface area contributed by atoms with Crippen LogP contribution in [0.3, 0.4) is 0 Å². The summed E-state index contributed by atoms with van der Waals surface area (Å²) in [4.78, 5) is 13.4. The zero-order valence-corrected chi connectivity index (χ0v) is 13.1. The molecule has 1 aliphatic rings. The van der Waals surface area contributed by atoms with Crippen LogP contribution in [0.5, 0.6) is 5.75 Å². The predicted molar refractivity (Wildman–Crippen MR) is 83.5 cm³/mol. The Morgan fingerprint density at radius 3 is 2.43 bits per heavy atom. The molecule has 1 aromatic rings. The lowest BCUT2D eigenvalue weighted by atomic mass is 9.85. The van der Waals surface area contributed by atoms with Crippen LogP contribution in [0.25, 0.3) is 5.57 Å². The number of hydrogen-bond acceptors (Lipinski definition) is 3. The van der Waals surface area contributed by atoms with Gasteiger partial charge in [0.2, 0.25) is 0 Å². The van der Waals surface area contributed by atoms with E-state index in [1.807, 2.05) is 19.1 Å². The lowest BCUT2D eigenvalue weighted by Crippen LogP contribution is -2.54. The first kappa shape index (κ1) is 15.6. The molecule has 0 unspecified atom stereocenters. The fourth-order valence-electron chi connectivity index (χ4n) is 2.11. The number of aliphatic hydroxyl groups excluding tert-OH is 1. The second-order valence-corrected chi connectivity index (χ2v) is 6.70. The van der Waals surface area contributed by atoms with E-state index in [0.717, 1.165) is 16.7 Å². The molecule has 1 fully saturated rings. The summed E-state index contributed by atoms with van der Waals surface area (Å²) in [6.07, 6.45) is -0.844. The van der Waals surface area contributed by atoms with Crippen LogP contribution < -0.4 is 4.74 Å². The molecule has 2 rings (SSSR count). The summed E-state index contributed by atoms with van der Waals surface area (Å²) < 4.78 is 5.43. The predicted octanol–water partition coefficient (Wildman–Crippen LogP) is 3.19. The summed E-state index contributed by atoms with van der Waals surface area (Å²) in [6.45, 7) is 12.9. The maximum Gasteiger partial charge on any atom is 0.415 e. The van der Waals surface area contributed by atoms with Crippen molar-refractivity contribution >= 4 is 11.7 Å². The van der Waals surface area contributed by atoms with Gasteiger partial charge in [0.15, 0.2) is 0 Å². The SMILES string of the molecule is C=C(C)c1cc(OC(=O)N2CC(O)C2)cc(C(C)(C)C)c1. The van der Waals surface area contributed by atoms with Gasteiger partial charge < -0.3 is 14.7 Å². The number of hydrogen-bond donors (Lipinski definition) is 1. The summed E-state index contributed by atoms with van der Waals surface area (Å²) >= 11 is 0. The van der Waals surface area contributed by atoms with E-state index in [4.69, 9.17) is 4.74 Å². The Kier molecular flexibility index (Phi) is 4.10. The molecule has 0 aliphatic carbocycles. The summed E-state index contributed by atoms with van der Waals surface area (Å²) in [5.74, 6) is 0.520. The molecule has 0 aromatic heterocycles. The van der Waals surface area contributed by atoms with Crippen LogP contribution in [0.2, 0.25) is 0 Å². The van der Waals surface area contributed by atoms with Crippen molar-refractivity contribution in [2.75, 3.05) is 13.1 Å². The lowest BCUT2D eigenvalue weighted by molar-refractivity contribution is 0.0126. The summed E-state index contributed by atoms with van der Waals surface area (Å²) in [5.41, 5.74) is 2.95. The van der Waals surface area contributed by atoms with Crippen LogP contribution in [0.15, 0.2) is 24.8 Å². The zero-order valence-electron chi connectivity index (χ0n) is 13.1. The number of carbonyl (C=O) groups excluding carboxylic acids is 1. The van der Waals surface area contributed by atoms with Crippen LogP contribution in [0.4, 0.5) is 4.79 Å². The van der Waals surface area contributed by atoms with Crippen molar-refractivity contribution in [3.05, 3.63) is 35.9 Å². The average molecular weight is 289 g/mol. The van der Waals surface area contributed by atoms with E-state index >= 15 is 0 Å². The molecule has 0 radical (unpaired) electrons. The number of amides is 1. The number of nitrogens with zero attached hydrogens (tertiary/aromatic N) is 1. The van der Waals surface area contributed by atoms with Gasteiger partial charge >= 0.3 is 6.09 Å². The maximum absolute atomic E-state index is 12.0. The third-order valence-electron chi connectivity index (χ3n) is 3.59. The van der Waals surface area contributed by atoms with E-state index in [1.165, 1.54) is 4.90 Å². The van der Waals surface area contributed by atoms with Crippen molar-refractivity contribution in [3.63, 3.8) is 0 Å². The largest absolute Gasteiger partial charge is 0.415 e. The summed E-state index contributed by atoms with van der Waals surface area (Å²) in [7, 11) is 0. The van der Waals surface area contributed by atoms with Crippen LogP contribution >= 0.6 is 0 Å². The van der Waals surface area contributed by atoms with Crippen molar-refractivity contribution in [3.8, 4) is 5.75 Å². The molecule has 1 amide bonds. The molecule has 1 heterocycles. The second-order valence-electron chi connectivity index (χ2n) is 6.70. The second kappa shape index (κ2) is 5.53. The molecule has 0 bridgehead atoms. The molecule has 0 atom stereocenters. The summed E-state index contributed by atoms with van der Waals surface area (Å²) in [6, 6.07) is 5.79. The van der Waals surface area contributed by atoms with Crippen molar-refractivity contribution in [1.29, 1.82) is 0 Å². The molecule has 1 aromatic carbocycles. The molecule has 1 aliphatic heterocycles. The van der Waals surface area contributed by atoms with Crippen LogP contribution in [-0.2, 0) is 5.41 Å². The number of rotatable bonds is 2. The van der Waals surface area contributed by atoms with E-state index < -0.39 is 12.2 Å². The average Bonchev–Trinajstić information content (AvgIpc) is 2.33. The number of carbonyl (C=O) groups is 1. The van der Waals surface area contributed by atoms with Crippen molar-refractivity contribution in [2.45, 2.75) is 39.2 Å². The topological polar surface area (TPSA) is 49.8 Å². The van der Waals surface area contributed by atoms with Gasteiger partial charge in [0.1, 0.15) is 5.75 Å². The smallest absolute Gasteiger partial charge is 0.410 e. The van der Waals surface area contributed by atoms with Crippen LogP contribution in [0.1, 0.15) is 38.8 Å². The first-order chi connectivity index (χ1) is 9.66. The van der Waals surface area contributed by atoms with Crippen molar-refractivity contribution in [1.82, 2.24) is 4.90 Å².